The Morgan fingerprint density at radius 1 is 0.973 bits per heavy atom. The number of nitrogens with one attached hydrogen (secondary N) is 2. The lowest BCUT2D eigenvalue weighted by atomic mass is 10.0. The number of ether oxygens (including phenoxy) is 2. The fourth-order valence-corrected chi connectivity index (χ4v) is 4.62. The monoisotopic (exact) mass is 524 g/mol. The molecule has 0 atom stereocenters. The highest BCUT2D eigenvalue weighted by atomic mass is 32.1. The molecule has 0 unspecified atom stereocenters. The predicted molar refractivity (Wildman–Crippen MR) is 156 cm³/mol. The number of aromatic nitrogens is 1. The van der Waals surface area contributed by atoms with Gasteiger partial charge in [0.2, 0.25) is 0 Å². The van der Waals surface area contributed by atoms with Crippen LogP contribution in [0.25, 0.3) is 10.9 Å². The molecule has 1 aromatic heterocycles. The Bertz CT molecular complexity index is 1270. The van der Waals surface area contributed by atoms with Crippen LogP contribution >= 0.6 is 12.2 Å². The Morgan fingerprint density at radius 3 is 2.35 bits per heavy atom. The molecule has 0 radical (unpaired) electrons. The molecule has 0 aliphatic heterocycles. The Morgan fingerprint density at radius 2 is 1.68 bits per heavy atom. The topological polar surface area (TPSA) is 69.8 Å². The van der Waals surface area contributed by atoms with E-state index in [0.717, 1.165) is 54.6 Å². The van der Waals surface area contributed by atoms with Crippen molar-refractivity contribution in [2.75, 3.05) is 46.9 Å². The molecule has 3 aromatic rings. The van der Waals surface area contributed by atoms with Crippen LogP contribution in [-0.4, -0.2) is 66.8 Å². The van der Waals surface area contributed by atoms with E-state index >= 15 is 0 Å². The number of aromatic amines is 1. The second-order valence-corrected chi connectivity index (χ2v) is 9.65. The highest BCUT2D eigenvalue weighted by molar-refractivity contribution is 7.80. The number of aryl methyl sites for hydroxylation is 2. The number of rotatable bonds is 12. The molecule has 0 bridgehead atoms. The van der Waals surface area contributed by atoms with Crippen molar-refractivity contribution in [2.24, 2.45) is 0 Å². The normalized spacial score (nSPS) is 11.1. The summed E-state index contributed by atoms with van der Waals surface area (Å²) in [4.78, 5) is 20.5. The zero-order valence-electron chi connectivity index (χ0n) is 22.9. The molecule has 0 saturated carbocycles. The summed E-state index contributed by atoms with van der Waals surface area (Å²) in [5.41, 5.74) is 4.99. The second kappa shape index (κ2) is 13.4. The number of methoxy groups -OCH3 is 2. The molecule has 2 N–H and O–H groups in total. The van der Waals surface area contributed by atoms with Crippen molar-refractivity contribution >= 4 is 28.2 Å². The van der Waals surface area contributed by atoms with Gasteiger partial charge in [-0.3, -0.25) is 4.79 Å². The van der Waals surface area contributed by atoms with Crippen molar-refractivity contribution < 1.29 is 9.47 Å². The van der Waals surface area contributed by atoms with E-state index in [2.05, 4.69) is 53.9 Å². The lowest BCUT2D eigenvalue weighted by Crippen LogP contribution is -2.44. The molecule has 2 aromatic carbocycles. The lowest BCUT2D eigenvalue weighted by Gasteiger charge is -2.29. The minimum Gasteiger partial charge on any atom is -0.493 e. The summed E-state index contributed by atoms with van der Waals surface area (Å²) >= 11 is 5.82. The second-order valence-electron chi connectivity index (χ2n) is 9.27. The van der Waals surface area contributed by atoms with Gasteiger partial charge in [0.15, 0.2) is 16.6 Å². The van der Waals surface area contributed by atoms with Crippen molar-refractivity contribution in [1.82, 2.24) is 20.1 Å². The van der Waals surface area contributed by atoms with Crippen molar-refractivity contribution in [2.45, 2.75) is 40.7 Å². The number of fused-ring (bicyclic) bond motifs is 1. The van der Waals surface area contributed by atoms with Gasteiger partial charge in [0.1, 0.15) is 0 Å². The van der Waals surface area contributed by atoms with Crippen LogP contribution in [0.2, 0.25) is 0 Å². The average Bonchev–Trinajstić information content (AvgIpc) is 2.89. The van der Waals surface area contributed by atoms with E-state index in [1.165, 1.54) is 5.56 Å². The van der Waals surface area contributed by atoms with Crippen molar-refractivity contribution in [1.29, 1.82) is 0 Å². The zero-order valence-corrected chi connectivity index (χ0v) is 23.8. The van der Waals surface area contributed by atoms with Gasteiger partial charge < -0.3 is 29.6 Å². The van der Waals surface area contributed by atoms with E-state index in [1.54, 1.807) is 14.2 Å². The van der Waals surface area contributed by atoms with E-state index in [9.17, 15) is 4.79 Å². The quantitative estimate of drug-likeness (QED) is 0.340. The Balaban J connectivity index is 1.75. The van der Waals surface area contributed by atoms with Gasteiger partial charge in [0.25, 0.3) is 5.56 Å². The maximum absolute atomic E-state index is 13.0. The fraction of sp³-hybridized carbons (Fsp3) is 0.448. The molecule has 0 amide bonds. The summed E-state index contributed by atoms with van der Waals surface area (Å²) in [5, 5.41) is 5.09. The van der Waals surface area contributed by atoms with Crippen LogP contribution in [0.3, 0.4) is 0 Å². The molecule has 0 spiro atoms. The fourth-order valence-electron chi connectivity index (χ4n) is 4.36. The average molecular weight is 525 g/mol. The first kappa shape index (κ1) is 28.5. The minimum atomic E-state index is -0.0725. The molecule has 0 aliphatic rings. The molecular weight excluding hydrogens is 484 g/mol. The van der Waals surface area contributed by atoms with Gasteiger partial charge >= 0.3 is 0 Å². The maximum atomic E-state index is 13.0. The van der Waals surface area contributed by atoms with Gasteiger partial charge in [-0.2, -0.15) is 0 Å². The van der Waals surface area contributed by atoms with Crippen molar-refractivity contribution in [3.63, 3.8) is 0 Å². The number of likely N-dealkylation sites (N-methyl/N-ethyl adjacent to an activating group) is 1. The van der Waals surface area contributed by atoms with E-state index < -0.39 is 0 Å². The van der Waals surface area contributed by atoms with Crippen LogP contribution in [0.15, 0.2) is 41.2 Å². The zero-order chi connectivity index (χ0) is 26.9. The summed E-state index contributed by atoms with van der Waals surface area (Å²) < 4.78 is 10.8. The molecule has 37 heavy (non-hydrogen) atoms. The predicted octanol–water partition coefficient (Wildman–Crippen LogP) is 4.42. The number of pyridine rings is 1. The SMILES string of the molecule is CCN(CC)CCN(Cc1cc2cc(C)c(C)cc2[nH]c1=O)C(=S)NCCc1ccc(OC)c(OC)c1. The van der Waals surface area contributed by atoms with Gasteiger partial charge in [-0.25, -0.2) is 0 Å². The summed E-state index contributed by atoms with van der Waals surface area (Å²) in [7, 11) is 3.27. The molecule has 1 heterocycles. The summed E-state index contributed by atoms with van der Waals surface area (Å²) in [5.74, 6) is 1.42. The summed E-state index contributed by atoms with van der Waals surface area (Å²) in [6, 6.07) is 12.1. The number of benzene rings is 2. The molecular formula is C29H40N4O3S. The van der Waals surface area contributed by atoms with E-state index in [4.69, 9.17) is 21.7 Å². The van der Waals surface area contributed by atoms with E-state index in [-0.39, 0.29) is 5.56 Å². The number of thiocarbonyl (C=S) groups is 1. The van der Waals surface area contributed by atoms with Crippen molar-refractivity contribution in [3.05, 3.63) is 69.0 Å². The molecule has 8 heteroatoms. The lowest BCUT2D eigenvalue weighted by molar-refractivity contribution is 0.263. The molecule has 200 valence electrons. The van der Waals surface area contributed by atoms with E-state index in [1.807, 2.05) is 30.3 Å². The van der Waals surface area contributed by atoms with E-state index in [0.29, 0.717) is 35.3 Å². The van der Waals surface area contributed by atoms with Gasteiger partial charge in [-0.1, -0.05) is 19.9 Å². The summed E-state index contributed by atoms with van der Waals surface area (Å²) in [6.45, 7) is 13.1. The van der Waals surface area contributed by atoms with Crippen LogP contribution in [0.1, 0.15) is 36.1 Å². The van der Waals surface area contributed by atoms with Crippen molar-refractivity contribution in [3.8, 4) is 11.5 Å². The highest BCUT2D eigenvalue weighted by Gasteiger charge is 2.15. The Hall–Kier alpha value is -3.10. The maximum Gasteiger partial charge on any atom is 0.253 e. The first-order valence-electron chi connectivity index (χ1n) is 12.9. The van der Waals surface area contributed by atoms with Crippen LogP contribution in [-0.2, 0) is 13.0 Å². The van der Waals surface area contributed by atoms with Gasteiger partial charge in [-0.15, -0.1) is 0 Å². The Kier molecular flexibility index (Phi) is 10.3. The summed E-state index contributed by atoms with van der Waals surface area (Å²) in [6.07, 6.45) is 0.777. The third kappa shape index (κ3) is 7.46. The first-order valence-corrected chi connectivity index (χ1v) is 13.3. The molecule has 3 rings (SSSR count). The smallest absolute Gasteiger partial charge is 0.253 e. The first-order chi connectivity index (χ1) is 17.8. The van der Waals surface area contributed by atoms with Crippen LogP contribution in [0, 0.1) is 13.8 Å². The minimum absolute atomic E-state index is 0.0725. The standard InChI is InChI=1S/C29H40N4O3S/c1-7-32(8-2)13-14-33(19-24-18-23-15-20(3)21(4)16-25(23)31-28(24)34)29(37)30-12-11-22-9-10-26(35-5)27(17-22)36-6/h9-10,15-18H,7-8,11-14,19H2,1-6H3,(H,30,37)(H,31,34). The number of hydrogen-bond acceptors (Lipinski definition) is 5. The molecule has 0 saturated heterocycles. The number of nitrogens with zero attached hydrogens (tertiary/aromatic N) is 2. The third-order valence-corrected chi connectivity index (χ3v) is 7.30. The van der Waals surface area contributed by atoms with Crippen LogP contribution in [0.5, 0.6) is 11.5 Å². The van der Waals surface area contributed by atoms with Gasteiger partial charge in [0, 0.05) is 30.7 Å². The van der Waals surface area contributed by atoms with Crippen LogP contribution < -0.4 is 20.3 Å². The molecule has 0 aliphatic carbocycles. The molecule has 7 nitrogen and oxygen atoms in total. The van der Waals surface area contributed by atoms with Gasteiger partial charge in [0.05, 0.1) is 20.8 Å². The van der Waals surface area contributed by atoms with Gasteiger partial charge in [-0.05, 0) is 98.0 Å². The Labute approximate surface area is 225 Å². The number of hydrogen-bond donors (Lipinski definition) is 2. The highest BCUT2D eigenvalue weighted by Crippen LogP contribution is 2.27. The van der Waals surface area contributed by atoms with Crippen LogP contribution in [0.4, 0.5) is 0 Å². The largest absolute Gasteiger partial charge is 0.493 e. The third-order valence-electron chi connectivity index (χ3n) is 6.90. The number of H-pyrrole nitrogens is 1. The molecule has 0 fully saturated rings.